The Morgan fingerprint density at radius 2 is 0.950 bits per heavy atom. The predicted molar refractivity (Wildman–Crippen MR) is 243 cm³/mol. The van der Waals surface area contributed by atoms with Gasteiger partial charge in [-0.2, -0.15) is 5.26 Å². The monoisotopic (exact) mass is 766 g/mol. The lowest BCUT2D eigenvalue weighted by atomic mass is 9.86. The van der Waals surface area contributed by atoms with E-state index in [4.69, 9.17) is 19.9 Å². The lowest BCUT2D eigenvalue weighted by Crippen LogP contribution is -2.01. The van der Waals surface area contributed by atoms with Crippen LogP contribution in [0.2, 0.25) is 0 Å². The molecule has 280 valence electrons. The Balaban J connectivity index is 0.998. The van der Waals surface area contributed by atoms with Crippen molar-refractivity contribution in [1.29, 1.82) is 5.26 Å². The Hall–Kier alpha value is -8.14. The van der Waals surface area contributed by atoms with Crippen LogP contribution < -0.4 is 0 Å². The van der Waals surface area contributed by atoms with Crippen LogP contribution in [-0.4, -0.2) is 24.9 Å². The van der Waals surface area contributed by atoms with Crippen molar-refractivity contribution in [2.75, 3.05) is 0 Å². The molecule has 0 saturated heterocycles. The first kappa shape index (κ1) is 35.1. The SMILES string of the molecule is N#Cc1ccc(-c2ccc(-c3nc(-c4ccc(-c5cc6ccccc6c6c5C=CCC6)cc4)nc(-c4ccc(-c5cc6cccnc6c6ncccc56)cc4)n3)cc2)cc1. The van der Waals surface area contributed by atoms with Crippen LogP contribution in [0.25, 0.3) is 106 Å². The fraction of sp³-hybridized carbons (Fsp3) is 0.0370. The second-order valence-electron chi connectivity index (χ2n) is 15.1. The van der Waals surface area contributed by atoms with Gasteiger partial charge in [-0.05, 0) is 105 Å². The molecular formula is C54H34N6. The number of benzene rings is 7. The van der Waals surface area contributed by atoms with Crippen LogP contribution >= 0.6 is 0 Å². The van der Waals surface area contributed by atoms with E-state index in [2.05, 4.69) is 132 Å². The minimum atomic E-state index is 0.586. The van der Waals surface area contributed by atoms with Gasteiger partial charge in [0, 0.05) is 39.9 Å². The van der Waals surface area contributed by atoms with Crippen LogP contribution in [0.5, 0.6) is 0 Å². The Kier molecular flexibility index (Phi) is 8.57. The number of nitrogens with zero attached hydrogens (tertiary/aromatic N) is 6. The third-order valence-electron chi connectivity index (χ3n) is 11.5. The second-order valence-corrected chi connectivity index (χ2v) is 15.1. The Morgan fingerprint density at radius 1 is 0.450 bits per heavy atom. The maximum Gasteiger partial charge on any atom is 0.164 e. The van der Waals surface area contributed by atoms with Gasteiger partial charge in [0.2, 0.25) is 0 Å². The van der Waals surface area contributed by atoms with E-state index in [9.17, 15) is 5.26 Å². The van der Waals surface area contributed by atoms with Crippen LogP contribution in [0.4, 0.5) is 0 Å². The highest BCUT2D eigenvalue weighted by Gasteiger charge is 2.18. The van der Waals surface area contributed by atoms with Gasteiger partial charge in [0.15, 0.2) is 17.5 Å². The summed E-state index contributed by atoms with van der Waals surface area (Å²) in [4.78, 5) is 24.6. The molecule has 0 saturated carbocycles. The summed E-state index contributed by atoms with van der Waals surface area (Å²) in [5, 5.41) is 14.0. The maximum atomic E-state index is 9.28. The van der Waals surface area contributed by atoms with Gasteiger partial charge in [0.1, 0.15) is 0 Å². The molecule has 0 N–H and O–H groups in total. The van der Waals surface area contributed by atoms with Crippen molar-refractivity contribution < 1.29 is 0 Å². The molecule has 60 heavy (non-hydrogen) atoms. The van der Waals surface area contributed by atoms with E-state index in [1.165, 1.54) is 27.5 Å². The van der Waals surface area contributed by atoms with E-state index >= 15 is 0 Å². The zero-order chi connectivity index (χ0) is 40.0. The quantitative estimate of drug-likeness (QED) is 0.157. The second kappa shape index (κ2) is 14.7. The average Bonchev–Trinajstić information content (AvgIpc) is 3.33. The molecule has 0 radical (unpaired) electrons. The highest BCUT2D eigenvalue weighted by atomic mass is 15.0. The number of hydrogen-bond donors (Lipinski definition) is 0. The third kappa shape index (κ3) is 6.26. The minimum Gasteiger partial charge on any atom is -0.254 e. The zero-order valence-electron chi connectivity index (χ0n) is 32.4. The van der Waals surface area contributed by atoms with E-state index in [1.807, 2.05) is 60.9 Å². The number of aromatic nitrogens is 5. The van der Waals surface area contributed by atoms with Crippen LogP contribution in [0.15, 0.2) is 176 Å². The molecule has 10 aromatic rings. The van der Waals surface area contributed by atoms with E-state index in [1.54, 1.807) is 0 Å². The number of rotatable bonds is 6. The van der Waals surface area contributed by atoms with E-state index in [0.29, 0.717) is 23.0 Å². The molecular weight excluding hydrogens is 733 g/mol. The smallest absolute Gasteiger partial charge is 0.164 e. The number of pyridine rings is 2. The average molecular weight is 767 g/mol. The summed E-state index contributed by atoms with van der Waals surface area (Å²) >= 11 is 0. The lowest BCUT2D eigenvalue weighted by molar-refractivity contribution is 0.998. The van der Waals surface area contributed by atoms with Crippen LogP contribution in [-0.2, 0) is 6.42 Å². The molecule has 3 aromatic heterocycles. The number of fused-ring (bicyclic) bond motifs is 6. The molecule has 6 nitrogen and oxygen atoms in total. The first-order valence-electron chi connectivity index (χ1n) is 20.1. The molecule has 7 aromatic carbocycles. The van der Waals surface area contributed by atoms with Gasteiger partial charge in [-0.3, -0.25) is 9.97 Å². The zero-order valence-corrected chi connectivity index (χ0v) is 32.4. The van der Waals surface area contributed by atoms with Crippen LogP contribution in [0, 0.1) is 11.3 Å². The van der Waals surface area contributed by atoms with Crippen molar-refractivity contribution in [2.24, 2.45) is 0 Å². The molecule has 1 aliphatic carbocycles. The van der Waals surface area contributed by atoms with Crippen LogP contribution in [0.3, 0.4) is 0 Å². The van der Waals surface area contributed by atoms with Gasteiger partial charge >= 0.3 is 0 Å². The largest absolute Gasteiger partial charge is 0.254 e. The highest BCUT2D eigenvalue weighted by molar-refractivity contribution is 6.10. The van der Waals surface area contributed by atoms with Gasteiger partial charge in [-0.1, -0.05) is 133 Å². The third-order valence-corrected chi connectivity index (χ3v) is 11.5. The topological polar surface area (TPSA) is 88.2 Å². The summed E-state index contributed by atoms with van der Waals surface area (Å²) in [5.74, 6) is 1.77. The standard InChI is InChI=1S/C54H34N6/c55-33-34-13-15-35(16-14-34)36-17-23-39(24-18-36)52-58-53(40-25-19-37(20-26-40)48-31-42-7-1-2-9-44(42)45-10-3-4-11-46(45)48)60-54(59-52)41-27-21-38(22-28-41)49-32-43-8-5-29-56-50(43)51-47(49)12-6-30-57-51/h1-2,4-9,11-32H,3,10H2. The molecule has 11 rings (SSSR count). The fourth-order valence-electron chi connectivity index (χ4n) is 8.49. The normalized spacial score (nSPS) is 12.1. The minimum absolute atomic E-state index is 0.586. The van der Waals surface area contributed by atoms with Crippen molar-refractivity contribution in [3.8, 4) is 73.6 Å². The fourth-order valence-corrected chi connectivity index (χ4v) is 8.49. The van der Waals surface area contributed by atoms with Crippen molar-refractivity contribution in [3.05, 3.63) is 193 Å². The summed E-state index contributed by atoms with van der Waals surface area (Å²) in [5.41, 5.74) is 14.4. The number of aryl methyl sites for hydroxylation is 1. The molecule has 0 bridgehead atoms. The molecule has 0 amide bonds. The molecule has 0 unspecified atom stereocenters. The van der Waals surface area contributed by atoms with Gasteiger partial charge in [0.25, 0.3) is 0 Å². The lowest BCUT2D eigenvalue weighted by Gasteiger charge is -2.19. The van der Waals surface area contributed by atoms with Crippen molar-refractivity contribution in [2.45, 2.75) is 12.8 Å². The van der Waals surface area contributed by atoms with Gasteiger partial charge in [-0.15, -0.1) is 0 Å². The first-order chi connectivity index (χ1) is 29.7. The van der Waals surface area contributed by atoms with E-state index in [0.717, 1.165) is 79.2 Å². The van der Waals surface area contributed by atoms with Crippen molar-refractivity contribution in [3.63, 3.8) is 0 Å². The highest BCUT2D eigenvalue weighted by Crippen LogP contribution is 2.38. The number of allylic oxidation sites excluding steroid dienone is 1. The molecule has 0 fully saturated rings. The number of nitriles is 1. The van der Waals surface area contributed by atoms with Gasteiger partial charge in [-0.25, -0.2) is 15.0 Å². The Bertz CT molecular complexity index is 3350. The van der Waals surface area contributed by atoms with E-state index < -0.39 is 0 Å². The number of hydrogen-bond acceptors (Lipinski definition) is 6. The first-order valence-corrected chi connectivity index (χ1v) is 20.1. The van der Waals surface area contributed by atoms with Crippen LogP contribution in [0.1, 0.15) is 23.1 Å². The Morgan fingerprint density at radius 3 is 1.60 bits per heavy atom. The summed E-state index contributed by atoms with van der Waals surface area (Å²) in [7, 11) is 0. The van der Waals surface area contributed by atoms with Crippen molar-refractivity contribution in [1.82, 2.24) is 24.9 Å². The molecule has 0 spiro atoms. The van der Waals surface area contributed by atoms with E-state index in [-0.39, 0.29) is 0 Å². The molecule has 6 heteroatoms. The molecule has 0 atom stereocenters. The molecule has 3 heterocycles. The predicted octanol–water partition coefficient (Wildman–Crippen LogP) is 13.0. The Labute approximate surface area is 346 Å². The van der Waals surface area contributed by atoms with Crippen molar-refractivity contribution >= 4 is 38.7 Å². The van der Waals surface area contributed by atoms with Gasteiger partial charge in [0.05, 0.1) is 22.7 Å². The summed E-state index contributed by atoms with van der Waals surface area (Å²) in [6, 6.07) is 56.4. The summed E-state index contributed by atoms with van der Waals surface area (Å²) < 4.78 is 0. The molecule has 1 aliphatic rings. The summed E-state index contributed by atoms with van der Waals surface area (Å²) in [6.07, 6.45) is 10.3. The molecule has 0 aliphatic heterocycles. The maximum absolute atomic E-state index is 9.28. The van der Waals surface area contributed by atoms with Gasteiger partial charge < -0.3 is 0 Å². The summed E-state index contributed by atoms with van der Waals surface area (Å²) in [6.45, 7) is 0.